The van der Waals surface area contributed by atoms with E-state index in [2.05, 4.69) is 25.2 Å². The third kappa shape index (κ3) is 3.07. The van der Waals surface area contributed by atoms with Gasteiger partial charge in [-0.1, -0.05) is 0 Å². The number of aliphatic hydroxyl groups excluding tert-OH is 1. The van der Waals surface area contributed by atoms with Crippen molar-refractivity contribution >= 4 is 22.8 Å². The number of imidazole rings is 1. The van der Waals surface area contributed by atoms with Crippen LogP contribution < -0.4 is 5.56 Å². The largest absolute Gasteiger partial charge is 0.508 e. The molecule has 0 spiro atoms. The first-order chi connectivity index (χ1) is 12.6. The van der Waals surface area contributed by atoms with Gasteiger partial charge in [0, 0.05) is 0 Å². The molecule has 3 heterocycles. The van der Waals surface area contributed by atoms with Crippen molar-refractivity contribution in [2.45, 2.75) is 25.2 Å². The second-order valence-corrected chi connectivity index (χ2v) is 5.90. The highest BCUT2D eigenvalue weighted by Gasteiger charge is 2.27. The number of H-pyrrole nitrogens is 1. The summed E-state index contributed by atoms with van der Waals surface area (Å²) in [4.78, 5) is 23.2. The van der Waals surface area contributed by atoms with E-state index in [0.29, 0.717) is 17.8 Å². The minimum Gasteiger partial charge on any atom is -0.508 e. The Labute approximate surface area is 146 Å². The molecule has 1 fully saturated rings. The Kier molecular flexibility index (Phi) is 4.19. The molecule has 26 heavy (non-hydrogen) atoms. The number of azo groups is 1. The molecular weight excluding hydrogens is 340 g/mol. The molecule has 0 bridgehead atoms. The molecule has 0 radical (unpaired) electrons. The zero-order chi connectivity index (χ0) is 18.1. The molecule has 1 aromatic carbocycles. The third-order valence-corrected chi connectivity index (χ3v) is 4.13. The fourth-order valence-corrected chi connectivity index (χ4v) is 2.82. The van der Waals surface area contributed by atoms with Crippen molar-refractivity contribution in [3.63, 3.8) is 0 Å². The summed E-state index contributed by atoms with van der Waals surface area (Å²) in [6.45, 7) is -0.0523. The van der Waals surface area contributed by atoms with Gasteiger partial charge in [0.05, 0.1) is 24.7 Å². The van der Waals surface area contributed by atoms with Crippen molar-refractivity contribution < 1.29 is 14.9 Å². The van der Waals surface area contributed by atoms with Crippen LogP contribution in [-0.2, 0) is 4.74 Å². The number of benzene rings is 1. The second kappa shape index (κ2) is 6.65. The lowest BCUT2D eigenvalue weighted by atomic mass is 10.2. The molecule has 10 nitrogen and oxygen atoms in total. The molecule has 2 atom stereocenters. The number of aromatic nitrogens is 4. The SMILES string of the molecule is O=c1[nH]c(/N=N/c2ccc(O)cc2)nc2c1ncn2C1CCC(CO)O1. The van der Waals surface area contributed by atoms with E-state index in [1.54, 1.807) is 16.7 Å². The summed E-state index contributed by atoms with van der Waals surface area (Å²) in [7, 11) is 0. The number of rotatable bonds is 4. The van der Waals surface area contributed by atoms with Crippen molar-refractivity contribution in [3.05, 3.63) is 40.9 Å². The van der Waals surface area contributed by atoms with Gasteiger partial charge in [0.1, 0.15) is 12.0 Å². The minimum absolute atomic E-state index is 0.0361. The van der Waals surface area contributed by atoms with Crippen molar-refractivity contribution in [1.29, 1.82) is 0 Å². The van der Waals surface area contributed by atoms with Crippen LogP contribution in [-0.4, -0.2) is 42.4 Å². The third-order valence-electron chi connectivity index (χ3n) is 4.13. The summed E-state index contributed by atoms with van der Waals surface area (Å²) in [6.07, 6.45) is 2.34. The molecule has 0 aliphatic carbocycles. The van der Waals surface area contributed by atoms with Crippen LogP contribution in [0.5, 0.6) is 5.75 Å². The number of hydrogen-bond donors (Lipinski definition) is 3. The lowest BCUT2D eigenvalue weighted by Gasteiger charge is -2.13. The molecule has 1 aliphatic rings. The highest BCUT2D eigenvalue weighted by Crippen LogP contribution is 2.30. The predicted molar refractivity (Wildman–Crippen MR) is 90.7 cm³/mol. The summed E-state index contributed by atoms with van der Waals surface area (Å²) in [5.74, 6) is 0.160. The molecule has 0 saturated carbocycles. The van der Waals surface area contributed by atoms with Crippen molar-refractivity contribution in [1.82, 2.24) is 19.5 Å². The van der Waals surface area contributed by atoms with Crippen LogP contribution in [0.3, 0.4) is 0 Å². The van der Waals surface area contributed by atoms with Gasteiger partial charge in [-0.15, -0.1) is 10.2 Å². The van der Waals surface area contributed by atoms with Gasteiger partial charge in [0.15, 0.2) is 11.2 Å². The maximum atomic E-state index is 12.2. The van der Waals surface area contributed by atoms with Crippen molar-refractivity contribution in [2.75, 3.05) is 6.61 Å². The number of aromatic hydroxyl groups is 1. The number of nitrogens with one attached hydrogen (secondary N) is 1. The molecule has 10 heteroatoms. The maximum absolute atomic E-state index is 12.2. The monoisotopic (exact) mass is 356 g/mol. The quantitative estimate of drug-likeness (QED) is 0.610. The topological polar surface area (TPSA) is 138 Å². The van der Waals surface area contributed by atoms with Gasteiger partial charge >= 0.3 is 0 Å². The lowest BCUT2D eigenvalue weighted by molar-refractivity contribution is -0.0207. The Morgan fingerprint density at radius 3 is 2.81 bits per heavy atom. The van der Waals surface area contributed by atoms with Crippen LogP contribution in [0.25, 0.3) is 11.2 Å². The van der Waals surface area contributed by atoms with E-state index >= 15 is 0 Å². The number of aromatic amines is 1. The van der Waals surface area contributed by atoms with Gasteiger partial charge in [-0.05, 0) is 37.1 Å². The van der Waals surface area contributed by atoms with Crippen LogP contribution in [0.4, 0.5) is 11.6 Å². The molecule has 1 aliphatic heterocycles. The number of ether oxygens (including phenoxy) is 1. The van der Waals surface area contributed by atoms with E-state index in [1.807, 2.05) is 0 Å². The molecule has 4 rings (SSSR count). The van der Waals surface area contributed by atoms with Crippen molar-refractivity contribution in [3.8, 4) is 5.75 Å². The molecule has 3 N–H and O–H groups in total. The first-order valence-corrected chi connectivity index (χ1v) is 8.08. The van der Waals surface area contributed by atoms with E-state index in [1.165, 1.54) is 18.5 Å². The van der Waals surface area contributed by atoms with Crippen LogP contribution in [0.2, 0.25) is 0 Å². The van der Waals surface area contributed by atoms with E-state index < -0.39 is 5.56 Å². The fourth-order valence-electron chi connectivity index (χ4n) is 2.82. The molecule has 134 valence electrons. The highest BCUT2D eigenvalue weighted by molar-refractivity contribution is 5.70. The smallest absolute Gasteiger partial charge is 0.280 e. The summed E-state index contributed by atoms with van der Waals surface area (Å²) < 4.78 is 7.39. The van der Waals surface area contributed by atoms with Crippen LogP contribution in [0, 0.1) is 0 Å². The van der Waals surface area contributed by atoms with Gasteiger partial charge in [-0.25, -0.2) is 4.98 Å². The number of nitrogens with zero attached hydrogens (tertiary/aromatic N) is 5. The molecule has 0 amide bonds. The average Bonchev–Trinajstić information content (AvgIpc) is 3.28. The van der Waals surface area contributed by atoms with Gasteiger partial charge in [-0.2, -0.15) is 4.98 Å². The molecular formula is C16H16N6O4. The predicted octanol–water partition coefficient (Wildman–Crippen LogP) is 1.91. The Morgan fingerprint density at radius 2 is 2.08 bits per heavy atom. The van der Waals surface area contributed by atoms with Crippen LogP contribution in [0.1, 0.15) is 19.1 Å². The Bertz CT molecular complexity index is 1010. The summed E-state index contributed by atoms with van der Waals surface area (Å²) in [6, 6.07) is 6.14. The Balaban J connectivity index is 1.67. The Hall–Kier alpha value is -3.11. The second-order valence-electron chi connectivity index (χ2n) is 5.90. The zero-order valence-corrected chi connectivity index (χ0v) is 13.6. The van der Waals surface area contributed by atoms with E-state index in [4.69, 9.17) is 4.74 Å². The molecule has 1 saturated heterocycles. The fraction of sp³-hybridized carbons (Fsp3) is 0.312. The first kappa shape index (κ1) is 16.4. The van der Waals surface area contributed by atoms with Gasteiger partial charge in [0.2, 0.25) is 0 Å². The van der Waals surface area contributed by atoms with Gasteiger partial charge < -0.3 is 14.9 Å². The van der Waals surface area contributed by atoms with Gasteiger partial charge in [-0.3, -0.25) is 14.3 Å². The number of hydrogen-bond acceptors (Lipinski definition) is 8. The minimum atomic E-state index is -0.426. The van der Waals surface area contributed by atoms with E-state index in [0.717, 1.165) is 6.42 Å². The van der Waals surface area contributed by atoms with E-state index in [9.17, 15) is 15.0 Å². The molecule has 3 aromatic rings. The number of fused-ring (bicyclic) bond motifs is 1. The number of aliphatic hydroxyl groups is 1. The van der Waals surface area contributed by atoms with Crippen molar-refractivity contribution in [2.24, 2.45) is 10.2 Å². The zero-order valence-electron chi connectivity index (χ0n) is 13.6. The first-order valence-electron chi connectivity index (χ1n) is 8.08. The summed E-state index contributed by atoms with van der Waals surface area (Å²) in [5.41, 5.74) is 0.607. The maximum Gasteiger partial charge on any atom is 0.280 e. The highest BCUT2D eigenvalue weighted by atomic mass is 16.5. The standard InChI is InChI=1S/C16H16N6O4/c23-7-11-5-6-12(26-11)22-8-17-13-14(22)18-16(19-15(13)25)21-20-9-1-3-10(24)4-2-9/h1-4,8,11-12,23-24H,5-7H2,(H,18,19,25)/b21-20+. The number of phenolic OH excluding ortho intramolecular Hbond substituents is 1. The summed E-state index contributed by atoms with van der Waals surface area (Å²) in [5, 5.41) is 26.4. The van der Waals surface area contributed by atoms with Crippen LogP contribution in [0.15, 0.2) is 45.6 Å². The van der Waals surface area contributed by atoms with Gasteiger partial charge in [0.25, 0.3) is 11.5 Å². The molecule has 2 unspecified atom stereocenters. The Morgan fingerprint density at radius 1 is 1.27 bits per heavy atom. The lowest BCUT2D eigenvalue weighted by Crippen LogP contribution is -2.15. The van der Waals surface area contributed by atoms with E-state index in [-0.39, 0.29) is 36.2 Å². The number of phenols is 1. The average molecular weight is 356 g/mol. The summed E-state index contributed by atoms with van der Waals surface area (Å²) >= 11 is 0. The van der Waals surface area contributed by atoms with Crippen LogP contribution >= 0.6 is 0 Å². The normalized spacial score (nSPS) is 20.3. The molecule has 2 aromatic heterocycles.